The van der Waals surface area contributed by atoms with Gasteiger partial charge in [-0.2, -0.15) is 10.2 Å². The van der Waals surface area contributed by atoms with E-state index >= 15 is 0 Å². The van der Waals surface area contributed by atoms with Gasteiger partial charge in [-0.05, 0) is 66.9 Å². The Morgan fingerprint density at radius 2 is 1.89 bits per heavy atom. The number of nitrogens with one attached hydrogen (secondary N) is 1. The summed E-state index contributed by atoms with van der Waals surface area (Å²) in [4.78, 5) is 12.3. The van der Waals surface area contributed by atoms with Crippen LogP contribution in [0, 0.1) is 20.8 Å². The van der Waals surface area contributed by atoms with E-state index in [0.717, 1.165) is 40.1 Å². The zero-order valence-electron chi connectivity index (χ0n) is 15.9. The average molecular weight is 430 g/mol. The summed E-state index contributed by atoms with van der Waals surface area (Å²) in [6, 6.07) is 9.75. The van der Waals surface area contributed by atoms with Gasteiger partial charge in [0.15, 0.2) is 0 Å². The highest BCUT2D eigenvalue weighted by atomic mass is 79.9. The number of benzene rings is 1. The Morgan fingerprint density at radius 1 is 1.15 bits per heavy atom. The average Bonchev–Trinajstić information content (AvgIpc) is 3.12. The molecule has 1 aromatic carbocycles. The van der Waals surface area contributed by atoms with Crippen LogP contribution in [0.15, 0.2) is 41.0 Å². The van der Waals surface area contributed by atoms with Crippen LogP contribution in [0.5, 0.6) is 0 Å². The second-order valence-corrected chi connectivity index (χ2v) is 7.57. The molecule has 0 aliphatic rings. The molecule has 0 saturated heterocycles. The molecule has 0 bridgehead atoms. The molecule has 1 amide bonds. The quantitative estimate of drug-likeness (QED) is 0.583. The van der Waals surface area contributed by atoms with E-state index in [-0.39, 0.29) is 5.91 Å². The van der Waals surface area contributed by atoms with Crippen molar-refractivity contribution in [3.05, 3.63) is 69.2 Å². The maximum absolute atomic E-state index is 12.3. The molecule has 0 unspecified atom stereocenters. The smallest absolute Gasteiger partial charge is 0.251 e. The fourth-order valence-electron chi connectivity index (χ4n) is 2.92. The Bertz CT molecular complexity index is 907. The number of hydrogen-bond acceptors (Lipinski definition) is 3. The molecule has 7 heteroatoms. The number of carbonyl (C=O) groups is 1. The van der Waals surface area contributed by atoms with Crippen molar-refractivity contribution in [3.8, 4) is 0 Å². The van der Waals surface area contributed by atoms with Crippen LogP contribution < -0.4 is 5.32 Å². The molecule has 0 saturated carbocycles. The Balaban J connectivity index is 1.47. The van der Waals surface area contributed by atoms with E-state index in [0.29, 0.717) is 18.7 Å². The van der Waals surface area contributed by atoms with Crippen LogP contribution in [0.1, 0.15) is 39.4 Å². The minimum atomic E-state index is -0.0505. The molecule has 0 aliphatic carbocycles. The van der Waals surface area contributed by atoms with E-state index in [9.17, 15) is 4.79 Å². The number of carbonyl (C=O) groups excluding carboxylic acids is 1. The van der Waals surface area contributed by atoms with Gasteiger partial charge in [0.25, 0.3) is 5.91 Å². The van der Waals surface area contributed by atoms with Gasteiger partial charge in [-0.25, -0.2) is 0 Å². The molecule has 0 aliphatic heterocycles. The summed E-state index contributed by atoms with van der Waals surface area (Å²) in [5.74, 6) is -0.0505. The summed E-state index contributed by atoms with van der Waals surface area (Å²) in [6.45, 7) is 8.09. The fraction of sp³-hybridized carbons (Fsp3) is 0.350. The zero-order valence-corrected chi connectivity index (χ0v) is 17.5. The van der Waals surface area contributed by atoms with Crippen LogP contribution in [0.4, 0.5) is 0 Å². The molecule has 0 atom stereocenters. The van der Waals surface area contributed by atoms with Crippen LogP contribution in [-0.4, -0.2) is 32.0 Å². The zero-order chi connectivity index (χ0) is 19.4. The van der Waals surface area contributed by atoms with Crippen molar-refractivity contribution < 1.29 is 4.79 Å². The predicted octanol–water partition coefficient (Wildman–Crippen LogP) is 3.64. The lowest BCUT2D eigenvalue weighted by Gasteiger charge is -2.08. The third-order valence-electron chi connectivity index (χ3n) is 4.39. The van der Waals surface area contributed by atoms with Crippen molar-refractivity contribution >= 4 is 21.8 Å². The van der Waals surface area contributed by atoms with E-state index in [2.05, 4.69) is 37.5 Å². The first-order valence-corrected chi connectivity index (χ1v) is 9.79. The van der Waals surface area contributed by atoms with Gasteiger partial charge in [0.05, 0.1) is 22.4 Å². The fourth-order valence-corrected chi connectivity index (χ4v) is 3.24. The van der Waals surface area contributed by atoms with Crippen molar-refractivity contribution in [1.82, 2.24) is 24.9 Å². The Morgan fingerprint density at radius 3 is 2.48 bits per heavy atom. The molecule has 3 aromatic rings. The van der Waals surface area contributed by atoms with Crippen molar-refractivity contribution in [2.45, 2.75) is 40.3 Å². The van der Waals surface area contributed by atoms with Crippen molar-refractivity contribution in [2.75, 3.05) is 6.54 Å². The number of aromatic nitrogens is 4. The molecular formula is C20H24BrN5O. The van der Waals surface area contributed by atoms with Crippen LogP contribution in [0.2, 0.25) is 0 Å². The second kappa shape index (κ2) is 8.52. The van der Waals surface area contributed by atoms with Gasteiger partial charge in [0.1, 0.15) is 0 Å². The van der Waals surface area contributed by atoms with Crippen LogP contribution in [0.25, 0.3) is 0 Å². The molecule has 142 valence electrons. The molecule has 3 rings (SSSR count). The lowest BCUT2D eigenvalue weighted by molar-refractivity contribution is 0.0952. The molecule has 0 radical (unpaired) electrons. The first-order valence-electron chi connectivity index (χ1n) is 9.00. The van der Waals surface area contributed by atoms with Gasteiger partial charge >= 0.3 is 0 Å². The minimum Gasteiger partial charge on any atom is -0.352 e. The molecule has 2 heterocycles. The van der Waals surface area contributed by atoms with Crippen LogP contribution >= 0.6 is 15.9 Å². The monoisotopic (exact) mass is 429 g/mol. The SMILES string of the molecule is Cc1cc(C)n(Cc2ccc(C(=O)NCCCn3cc(Br)c(C)n3)cc2)n1. The number of halogens is 1. The van der Waals surface area contributed by atoms with Crippen molar-refractivity contribution in [2.24, 2.45) is 0 Å². The molecule has 27 heavy (non-hydrogen) atoms. The Hall–Kier alpha value is -2.41. The van der Waals surface area contributed by atoms with Gasteiger partial charge in [-0.15, -0.1) is 0 Å². The van der Waals surface area contributed by atoms with Gasteiger partial charge in [0.2, 0.25) is 0 Å². The lowest BCUT2D eigenvalue weighted by Crippen LogP contribution is -2.25. The normalized spacial score (nSPS) is 11.0. The van der Waals surface area contributed by atoms with Gasteiger partial charge in [-0.3, -0.25) is 14.2 Å². The molecule has 2 aromatic heterocycles. The number of nitrogens with zero attached hydrogens (tertiary/aromatic N) is 4. The first kappa shape index (κ1) is 19.4. The van der Waals surface area contributed by atoms with E-state index < -0.39 is 0 Å². The Labute approximate surface area is 167 Å². The van der Waals surface area contributed by atoms with E-state index in [1.165, 1.54) is 0 Å². The summed E-state index contributed by atoms with van der Waals surface area (Å²) in [7, 11) is 0. The Kier molecular flexibility index (Phi) is 6.11. The first-order chi connectivity index (χ1) is 12.9. The van der Waals surface area contributed by atoms with Crippen molar-refractivity contribution in [3.63, 3.8) is 0 Å². The summed E-state index contributed by atoms with van der Waals surface area (Å²) in [5, 5.41) is 11.8. The lowest BCUT2D eigenvalue weighted by atomic mass is 10.1. The minimum absolute atomic E-state index is 0.0505. The summed E-state index contributed by atoms with van der Waals surface area (Å²) in [5.41, 5.74) is 4.91. The standard InChI is InChI=1S/C20H24BrN5O/c1-14-11-15(2)26(23-14)12-17-5-7-18(8-6-17)20(27)22-9-4-10-25-13-19(21)16(3)24-25/h5-8,11,13H,4,9-10,12H2,1-3H3,(H,22,27). The molecule has 6 nitrogen and oxygen atoms in total. The van der Waals surface area contributed by atoms with E-state index in [1.807, 2.05) is 60.6 Å². The number of hydrogen-bond donors (Lipinski definition) is 1. The maximum Gasteiger partial charge on any atom is 0.251 e. The summed E-state index contributed by atoms with van der Waals surface area (Å²) >= 11 is 3.45. The number of rotatable bonds is 7. The van der Waals surface area contributed by atoms with Crippen LogP contribution in [-0.2, 0) is 13.1 Å². The molecule has 1 N–H and O–H groups in total. The topological polar surface area (TPSA) is 64.7 Å². The van der Waals surface area contributed by atoms with Gasteiger partial charge in [0, 0.05) is 30.5 Å². The largest absolute Gasteiger partial charge is 0.352 e. The predicted molar refractivity (Wildman–Crippen MR) is 109 cm³/mol. The molecule has 0 spiro atoms. The van der Waals surface area contributed by atoms with Crippen molar-refractivity contribution in [1.29, 1.82) is 0 Å². The van der Waals surface area contributed by atoms with Gasteiger partial charge < -0.3 is 5.32 Å². The number of aryl methyl sites for hydroxylation is 4. The highest BCUT2D eigenvalue weighted by Gasteiger charge is 2.07. The third-order valence-corrected chi connectivity index (χ3v) is 5.17. The third kappa shape index (κ3) is 5.07. The van der Waals surface area contributed by atoms with E-state index in [4.69, 9.17) is 0 Å². The van der Waals surface area contributed by atoms with Crippen LogP contribution in [0.3, 0.4) is 0 Å². The second-order valence-electron chi connectivity index (χ2n) is 6.72. The van der Waals surface area contributed by atoms with Gasteiger partial charge in [-0.1, -0.05) is 12.1 Å². The van der Waals surface area contributed by atoms with E-state index in [1.54, 1.807) is 0 Å². The highest BCUT2D eigenvalue weighted by Crippen LogP contribution is 2.13. The summed E-state index contributed by atoms with van der Waals surface area (Å²) in [6.07, 6.45) is 2.79. The maximum atomic E-state index is 12.3. The molecule has 0 fully saturated rings. The summed E-state index contributed by atoms with van der Waals surface area (Å²) < 4.78 is 4.87. The molecular weight excluding hydrogens is 406 g/mol. The number of amides is 1. The highest BCUT2D eigenvalue weighted by molar-refractivity contribution is 9.10.